The van der Waals surface area contributed by atoms with Crippen LogP contribution in [0.4, 0.5) is 17.1 Å². The highest BCUT2D eigenvalue weighted by atomic mass is 16.3. The summed E-state index contributed by atoms with van der Waals surface area (Å²) in [6.07, 6.45) is 12.1. The quantitative estimate of drug-likeness (QED) is 0.184. The molecule has 1 aromatic heterocycles. The van der Waals surface area contributed by atoms with Crippen LogP contribution in [-0.2, 0) is 10.8 Å². The Kier molecular flexibility index (Phi) is 5.72. The molecule has 0 radical (unpaired) electrons. The molecule has 53 heavy (non-hydrogen) atoms. The standard InChI is InChI=1S/C51H43NO/c1-4-12-44-38(9-1)40-18-15-35(28-46(40)50(44)21-7-8-22-50)52(37-17-20-43-42-11-3-6-14-48(42)53-49(43)30-37)36-16-19-41-39-10-2-5-13-45(39)51(47(41)29-36)33-24-31-23-32(26-33)27-34(51)25-31/h1-6,9-20,28-34H,7-8,21-27H2. The average molecular weight is 686 g/mol. The van der Waals surface area contributed by atoms with Gasteiger partial charge in [0, 0.05) is 44.7 Å². The number of benzene rings is 6. The van der Waals surface area contributed by atoms with Gasteiger partial charge in [0.2, 0.25) is 0 Å². The number of rotatable bonds is 3. The zero-order valence-corrected chi connectivity index (χ0v) is 30.2. The molecule has 258 valence electrons. The Morgan fingerprint density at radius 2 is 1.00 bits per heavy atom. The zero-order chi connectivity index (χ0) is 34.5. The number of hydrogen-bond donors (Lipinski definition) is 0. The second-order valence-corrected chi connectivity index (χ2v) is 17.6. The maximum absolute atomic E-state index is 6.55. The van der Waals surface area contributed by atoms with Crippen molar-refractivity contribution in [3.8, 4) is 22.3 Å². The van der Waals surface area contributed by atoms with Crippen molar-refractivity contribution in [3.63, 3.8) is 0 Å². The topological polar surface area (TPSA) is 16.4 Å². The largest absolute Gasteiger partial charge is 0.456 e. The Bertz CT molecular complexity index is 2640. The van der Waals surface area contributed by atoms with Crippen molar-refractivity contribution in [1.29, 1.82) is 0 Å². The van der Waals surface area contributed by atoms with Crippen molar-refractivity contribution in [3.05, 3.63) is 150 Å². The first-order valence-corrected chi connectivity index (χ1v) is 20.4. The molecule has 6 aromatic carbocycles. The van der Waals surface area contributed by atoms with E-state index in [1.54, 1.807) is 16.7 Å². The summed E-state index contributed by atoms with van der Waals surface area (Å²) in [6.45, 7) is 0. The molecule has 7 aliphatic carbocycles. The SMILES string of the molecule is c1ccc2c(c1)-c1ccc(N(c3ccc4c(c3)C3(c5ccccc5-4)C4CC5CC(C4)CC3C5)c3ccc4c(c3)oc3ccccc34)cc1C21CCCC1. The van der Waals surface area contributed by atoms with E-state index in [1.165, 1.54) is 108 Å². The fourth-order valence-corrected chi connectivity index (χ4v) is 13.7. The van der Waals surface area contributed by atoms with E-state index >= 15 is 0 Å². The van der Waals surface area contributed by atoms with Crippen LogP contribution in [0.15, 0.2) is 132 Å². The van der Waals surface area contributed by atoms with E-state index in [0.29, 0.717) is 0 Å². The molecule has 1 heterocycles. The third-order valence-corrected chi connectivity index (χ3v) is 15.4. The molecule has 7 aliphatic rings. The van der Waals surface area contributed by atoms with Gasteiger partial charge in [-0.25, -0.2) is 0 Å². The van der Waals surface area contributed by atoms with Crippen molar-refractivity contribution < 1.29 is 4.42 Å². The Labute approximate surface area is 311 Å². The maximum Gasteiger partial charge on any atom is 0.137 e. The van der Waals surface area contributed by atoms with E-state index in [-0.39, 0.29) is 10.8 Å². The lowest BCUT2D eigenvalue weighted by atomic mass is 9.43. The molecule has 7 aromatic rings. The van der Waals surface area contributed by atoms with Gasteiger partial charge in [0.15, 0.2) is 0 Å². The van der Waals surface area contributed by atoms with Gasteiger partial charge in [-0.05, 0) is 156 Å². The van der Waals surface area contributed by atoms with Crippen LogP contribution < -0.4 is 4.90 Å². The predicted octanol–water partition coefficient (Wildman–Crippen LogP) is 13.6. The molecule has 5 saturated carbocycles. The lowest BCUT2D eigenvalue weighted by Gasteiger charge is -2.61. The van der Waals surface area contributed by atoms with E-state index in [4.69, 9.17) is 4.42 Å². The highest BCUT2D eigenvalue weighted by Crippen LogP contribution is 2.69. The van der Waals surface area contributed by atoms with Crippen LogP contribution in [0.1, 0.15) is 80.0 Å². The Hall–Kier alpha value is -5.08. The third-order valence-electron chi connectivity index (χ3n) is 15.4. The smallest absolute Gasteiger partial charge is 0.137 e. The number of nitrogens with zero attached hydrogens (tertiary/aromatic N) is 1. The molecule has 2 spiro atoms. The van der Waals surface area contributed by atoms with Gasteiger partial charge in [0.1, 0.15) is 11.2 Å². The van der Waals surface area contributed by atoms with E-state index in [9.17, 15) is 0 Å². The molecular weight excluding hydrogens is 643 g/mol. The molecule has 0 unspecified atom stereocenters. The van der Waals surface area contributed by atoms with Crippen molar-refractivity contribution in [1.82, 2.24) is 0 Å². The summed E-state index contributed by atoms with van der Waals surface area (Å²) >= 11 is 0. The fourth-order valence-electron chi connectivity index (χ4n) is 13.7. The van der Waals surface area contributed by atoms with Crippen LogP contribution in [0.3, 0.4) is 0 Å². The number of anilines is 3. The minimum absolute atomic E-state index is 0.111. The van der Waals surface area contributed by atoms with Crippen molar-refractivity contribution >= 4 is 39.0 Å². The Morgan fingerprint density at radius 3 is 1.75 bits per heavy atom. The second kappa shape index (κ2) is 10.3. The first-order chi connectivity index (χ1) is 26.2. The van der Waals surface area contributed by atoms with E-state index in [1.807, 2.05) is 0 Å². The molecular formula is C51H43NO. The summed E-state index contributed by atoms with van der Waals surface area (Å²) in [4.78, 5) is 2.56. The monoisotopic (exact) mass is 685 g/mol. The molecule has 0 atom stereocenters. The molecule has 0 N–H and O–H groups in total. The lowest BCUT2D eigenvalue weighted by Crippen LogP contribution is -2.55. The summed E-state index contributed by atoms with van der Waals surface area (Å²) in [6, 6.07) is 49.1. The lowest BCUT2D eigenvalue weighted by molar-refractivity contribution is -0.0399. The van der Waals surface area contributed by atoms with Gasteiger partial charge in [-0.15, -0.1) is 0 Å². The maximum atomic E-state index is 6.55. The molecule has 5 fully saturated rings. The van der Waals surface area contributed by atoms with Crippen LogP contribution in [0.2, 0.25) is 0 Å². The molecule has 2 nitrogen and oxygen atoms in total. The number of hydrogen-bond acceptors (Lipinski definition) is 2. The van der Waals surface area contributed by atoms with Gasteiger partial charge >= 0.3 is 0 Å². The molecule has 14 rings (SSSR count). The minimum atomic E-state index is 0.111. The number of para-hydroxylation sites is 1. The van der Waals surface area contributed by atoms with Crippen LogP contribution in [0.5, 0.6) is 0 Å². The summed E-state index contributed by atoms with van der Waals surface area (Å²) in [7, 11) is 0. The van der Waals surface area contributed by atoms with E-state index in [2.05, 4.69) is 132 Å². The fraction of sp³-hybridized carbons (Fsp3) is 0.294. The van der Waals surface area contributed by atoms with Crippen LogP contribution in [0.25, 0.3) is 44.2 Å². The molecule has 4 bridgehead atoms. The first kappa shape index (κ1) is 29.4. The number of fused-ring (bicyclic) bond motifs is 11. The molecule has 0 amide bonds. The van der Waals surface area contributed by atoms with Crippen molar-refractivity contribution in [2.24, 2.45) is 23.7 Å². The van der Waals surface area contributed by atoms with Crippen LogP contribution in [-0.4, -0.2) is 0 Å². The predicted molar refractivity (Wildman–Crippen MR) is 216 cm³/mol. The van der Waals surface area contributed by atoms with Crippen LogP contribution in [0, 0.1) is 23.7 Å². The summed E-state index contributed by atoms with van der Waals surface area (Å²) in [5.41, 5.74) is 17.9. The number of furan rings is 1. The normalized spacial score (nSPS) is 26.4. The highest BCUT2D eigenvalue weighted by molar-refractivity contribution is 6.06. The Balaban J connectivity index is 1.04. The van der Waals surface area contributed by atoms with Gasteiger partial charge in [-0.3, -0.25) is 0 Å². The zero-order valence-electron chi connectivity index (χ0n) is 30.2. The van der Waals surface area contributed by atoms with Gasteiger partial charge in [-0.1, -0.05) is 91.7 Å². The third kappa shape index (κ3) is 3.70. The van der Waals surface area contributed by atoms with Crippen molar-refractivity contribution in [2.45, 2.75) is 68.6 Å². The Morgan fingerprint density at radius 1 is 0.453 bits per heavy atom. The summed E-state index contributed by atoms with van der Waals surface area (Å²) < 4.78 is 6.55. The average Bonchev–Trinajstić information content (AvgIpc) is 3.96. The van der Waals surface area contributed by atoms with Gasteiger partial charge in [0.05, 0.1) is 0 Å². The van der Waals surface area contributed by atoms with E-state index < -0.39 is 0 Å². The molecule has 2 heteroatoms. The van der Waals surface area contributed by atoms with Gasteiger partial charge < -0.3 is 9.32 Å². The van der Waals surface area contributed by atoms with E-state index in [0.717, 1.165) is 40.5 Å². The minimum Gasteiger partial charge on any atom is -0.456 e. The summed E-state index contributed by atoms with van der Waals surface area (Å²) in [5.74, 6) is 3.32. The highest BCUT2D eigenvalue weighted by Gasteiger charge is 2.61. The molecule has 0 saturated heterocycles. The summed E-state index contributed by atoms with van der Waals surface area (Å²) in [5, 5.41) is 2.36. The second-order valence-electron chi connectivity index (χ2n) is 17.6. The van der Waals surface area contributed by atoms with Gasteiger partial charge in [-0.2, -0.15) is 0 Å². The molecule has 0 aliphatic heterocycles. The van der Waals surface area contributed by atoms with Crippen molar-refractivity contribution in [2.75, 3.05) is 4.90 Å². The van der Waals surface area contributed by atoms with Crippen LogP contribution >= 0.6 is 0 Å². The first-order valence-electron chi connectivity index (χ1n) is 20.4. The van der Waals surface area contributed by atoms with Gasteiger partial charge in [0.25, 0.3) is 0 Å².